The predicted octanol–water partition coefficient (Wildman–Crippen LogP) is 5.35. The molecule has 0 radical (unpaired) electrons. The lowest BCUT2D eigenvalue weighted by atomic mass is 10.2. The summed E-state index contributed by atoms with van der Waals surface area (Å²) in [4.78, 5) is 10.5. The van der Waals surface area contributed by atoms with Crippen LogP contribution in [0.25, 0.3) is 0 Å². The predicted molar refractivity (Wildman–Crippen MR) is 84.7 cm³/mol. The van der Waals surface area contributed by atoms with Crippen molar-refractivity contribution in [3.63, 3.8) is 0 Å². The minimum absolute atomic E-state index is 0.0543. The summed E-state index contributed by atoms with van der Waals surface area (Å²) in [5.74, 6) is 1.11. The van der Waals surface area contributed by atoms with E-state index in [1.54, 1.807) is 19.1 Å². The van der Waals surface area contributed by atoms with Gasteiger partial charge in [-0.1, -0.05) is 44.0 Å². The molecule has 0 bridgehead atoms. The molecule has 2 aromatic carbocycles. The average Bonchev–Trinajstić information content (AvgIpc) is 2.41. The van der Waals surface area contributed by atoms with Crippen LogP contribution >= 0.6 is 31.9 Å². The SMILES string of the molecule is Cc1c(Oc2ccc(CBr)c(Br)c2)cccc1[N+](=O)[O-]. The molecular formula is C14H11Br2NO3. The van der Waals surface area contributed by atoms with Gasteiger partial charge in [-0.25, -0.2) is 0 Å². The van der Waals surface area contributed by atoms with E-state index in [9.17, 15) is 10.1 Å². The van der Waals surface area contributed by atoms with Crippen molar-refractivity contribution in [1.82, 2.24) is 0 Å². The van der Waals surface area contributed by atoms with Crippen molar-refractivity contribution < 1.29 is 9.66 Å². The van der Waals surface area contributed by atoms with Gasteiger partial charge in [-0.15, -0.1) is 0 Å². The maximum atomic E-state index is 10.9. The van der Waals surface area contributed by atoms with E-state index in [-0.39, 0.29) is 5.69 Å². The van der Waals surface area contributed by atoms with Crippen LogP contribution in [0.1, 0.15) is 11.1 Å². The molecule has 0 heterocycles. The Kier molecular flexibility index (Phi) is 4.77. The molecule has 2 rings (SSSR count). The van der Waals surface area contributed by atoms with Gasteiger partial charge in [0.05, 0.1) is 10.5 Å². The molecule has 0 aromatic heterocycles. The Morgan fingerprint density at radius 1 is 1.30 bits per heavy atom. The Balaban J connectivity index is 2.33. The molecule has 0 atom stereocenters. The van der Waals surface area contributed by atoms with E-state index >= 15 is 0 Å². The highest BCUT2D eigenvalue weighted by Crippen LogP contribution is 2.33. The summed E-state index contributed by atoms with van der Waals surface area (Å²) in [6.45, 7) is 1.68. The maximum absolute atomic E-state index is 10.9. The van der Waals surface area contributed by atoms with Crippen molar-refractivity contribution in [3.8, 4) is 11.5 Å². The topological polar surface area (TPSA) is 52.4 Å². The fraction of sp³-hybridized carbons (Fsp3) is 0.143. The van der Waals surface area contributed by atoms with Gasteiger partial charge < -0.3 is 4.74 Å². The molecule has 20 heavy (non-hydrogen) atoms. The molecule has 0 aliphatic carbocycles. The molecular weight excluding hydrogens is 390 g/mol. The third kappa shape index (κ3) is 3.19. The first-order chi connectivity index (χ1) is 9.52. The third-order valence-electron chi connectivity index (χ3n) is 2.85. The van der Waals surface area contributed by atoms with Gasteiger partial charge in [0.1, 0.15) is 11.5 Å². The second kappa shape index (κ2) is 6.37. The Labute approximate surface area is 133 Å². The minimum Gasteiger partial charge on any atom is -0.457 e. The highest BCUT2D eigenvalue weighted by atomic mass is 79.9. The molecule has 0 fully saturated rings. The summed E-state index contributed by atoms with van der Waals surface area (Å²) in [7, 11) is 0. The average molecular weight is 401 g/mol. The Bertz CT molecular complexity index is 659. The number of hydrogen-bond donors (Lipinski definition) is 0. The van der Waals surface area contributed by atoms with Gasteiger partial charge >= 0.3 is 0 Å². The number of hydrogen-bond acceptors (Lipinski definition) is 3. The first kappa shape index (κ1) is 15.0. The van der Waals surface area contributed by atoms with E-state index in [4.69, 9.17) is 4.74 Å². The maximum Gasteiger partial charge on any atom is 0.276 e. The molecule has 0 amide bonds. The van der Waals surface area contributed by atoms with Crippen LogP contribution in [-0.2, 0) is 5.33 Å². The Morgan fingerprint density at radius 2 is 2.05 bits per heavy atom. The van der Waals surface area contributed by atoms with Crippen molar-refractivity contribution >= 4 is 37.5 Å². The number of alkyl halides is 1. The number of nitro benzene ring substituents is 1. The lowest BCUT2D eigenvalue weighted by Crippen LogP contribution is -1.95. The molecule has 104 valence electrons. The molecule has 0 saturated heterocycles. The zero-order chi connectivity index (χ0) is 14.7. The van der Waals surface area contributed by atoms with Crippen LogP contribution in [0.3, 0.4) is 0 Å². The van der Waals surface area contributed by atoms with Crippen LogP contribution in [0.4, 0.5) is 5.69 Å². The summed E-state index contributed by atoms with van der Waals surface area (Å²) in [5.41, 5.74) is 1.67. The van der Waals surface area contributed by atoms with E-state index in [1.807, 2.05) is 18.2 Å². The number of ether oxygens (including phenoxy) is 1. The van der Waals surface area contributed by atoms with Gasteiger partial charge in [-0.05, 0) is 30.7 Å². The minimum atomic E-state index is -0.411. The van der Waals surface area contributed by atoms with Crippen LogP contribution in [0.5, 0.6) is 11.5 Å². The second-order valence-corrected chi connectivity index (χ2v) is 5.56. The fourth-order valence-electron chi connectivity index (χ4n) is 1.74. The van der Waals surface area contributed by atoms with Gasteiger partial charge in [0.15, 0.2) is 0 Å². The first-order valence-corrected chi connectivity index (χ1v) is 7.70. The molecule has 0 spiro atoms. The van der Waals surface area contributed by atoms with E-state index in [0.717, 1.165) is 15.4 Å². The molecule has 2 aromatic rings. The molecule has 6 heteroatoms. The quantitative estimate of drug-likeness (QED) is 0.394. The Hall–Kier alpha value is -1.40. The zero-order valence-electron chi connectivity index (χ0n) is 10.6. The van der Waals surface area contributed by atoms with Gasteiger partial charge in [-0.2, -0.15) is 0 Å². The van der Waals surface area contributed by atoms with Gasteiger partial charge in [0.2, 0.25) is 0 Å². The molecule has 0 aliphatic heterocycles. The summed E-state index contributed by atoms with van der Waals surface area (Å²) >= 11 is 6.85. The summed E-state index contributed by atoms with van der Waals surface area (Å²) in [6, 6.07) is 10.4. The lowest BCUT2D eigenvalue weighted by molar-refractivity contribution is -0.385. The lowest BCUT2D eigenvalue weighted by Gasteiger charge is -2.10. The van der Waals surface area contributed by atoms with E-state index in [0.29, 0.717) is 17.1 Å². The normalized spacial score (nSPS) is 10.3. The molecule has 4 nitrogen and oxygen atoms in total. The number of rotatable bonds is 4. The second-order valence-electron chi connectivity index (χ2n) is 4.15. The molecule has 0 N–H and O–H groups in total. The standard InChI is InChI=1S/C14H11Br2NO3/c1-9-13(17(18)19)3-2-4-14(9)20-11-6-5-10(8-15)12(16)7-11/h2-7H,8H2,1H3. The van der Waals surface area contributed by atoms with Gasteiger partial charge in [0, 0.05) is 15.9 Å². The smallest absolute Gasteiger partial charge is 0.276 e. The van der Waals surface area contributed by atoms with Gasteiger partial charge in [-0.3, -0.25) is 10.1 Å². The number of benzene rings is 2. The molecule has 0 saturated carbocycles. The third-order valence-corrected chi connectivity index (χ3v) is 4.19. The molecule has 0 unspecified atom stereocenters. The van der Waals surface area contributed by atoms with Crippen molar-refractivity contribution in [3.05, 3.63) is 62.1 Å². The van der Waals surface area contributed by atoms with Crippen molar-refractivity contribution in [2.75, 3.05) is 0 Å². The number of halogens is 2. The fourth-order valence-corrected chi connectivity index (χ4v) is 3.10. The van der Waals surface area contributed by atoms with Crippen LogP contribution in [0.15, 0.2) is 40.9 Å². The number of nitro groups is 1. The van der Waals surface area contributed by atoms with Crippen LogP contribution in [0.2, 0.25) is 0 Å². The van der Waals surface area contributed by atoms with Crippen LogP contribution in [0, 0.1) is 17.0 Å². The monoisotopic (exact) mass is 399 g/mol. The summed E-state index contributed by atoms with van der Waals surface area (Å²) in [6.07, 6.45) is 0. The molecule has 0 aliphatic rings. The van der Waals surface area contributed by atoms with Crippen molar-refractivity contribution in [2.24, 2.45) is 0 Å². The van der Waals surface area contributed by atoms with E-state index in [2.05, 4.69) is 31.9 Å². The van der Waals surface area contributed by atoms with Crippen molar-refractivity contribution in [2.45, 2.75) is 12.3 Å². The van der Waals surface area contributed by atoms with E-state index in [1.165, 1.54) is 6.07 Å². The van der Waals surface area contributed by atoms with Crippen LogP contribution in [-0.4, -0.2) is 4.92 Å². The summed E-state index contributed by atoms with van der Waals surface area (Å²) in [5, 5.41) is 11.6. The summed E-state index contributed by atoms with van der Waals surface area (Å²) < 4.78 is 6.66. The zero-order valence-corrected chi connectivity index (χ0v) is 13.8. The first-order valence-electron chi connectivity index (χ1n) is 5.79. The largest absolute Gasteiger partial charge is 0.457 e. The highest BCUT2D eigenvalue weighted by Gasteiger charge is 2.14. The highest BCUT2D eigenvalue weighted by molar-refractivity contribution is 9.10. The number of nitrogens with zero attached hydrogens (tertiary/aromatic N) is 1. The van der Waals surface area contributed by atoms with Gasteiger partial charge in [0.25, 0.3) is 5.69 Å². The van der Waals surface area contributed by atoms with E-state index < -0.39 is 4.92 Å². The van der Waals surface area contributed by atoms with Crippen LogP contribution < -0.4 is 4.74 Å². The Morgan fingerprint density at radius 3 is 2.65 bits per heavy atom. The van der Waals surface area contributed by atoms with Crippen molar-refractivity contribution in [1.29, 1.82) is 0 Å².